The molecule has 3 aromatic carbocycles. The van der Waals surface area contributed by atoms with Gasteiger partial charge in [-0.25, -0.2) is 0 Å². The Morgan fingerprint density at radius 1 is 0.871 bits per heavy atom. The lowest BCUT2D eigenvalue weighted by molar-refractivity contribution is -0.384. The molecule has 31 heavy (non-hydrogen) atoms. The molecule has 154 valence electrons. The molecule has 0 aromatic heterocycles. The molecule has 1 aliphatic rings. The van der Waals surface area contributed by atoms with Crippen molar-refractivity contribution in [1.82, 2.24) is 4.90 Å². The van der Waals surface area contributed by atoms with Crippen molar-refractivity contribution < 1.29 is 14.5 Å². The molecule has 2 amide bonds. The van der Waals surface area contributed by atoms with Gasteiger partial charge in [0.25, 0.3) is 17.5 Å². The minimum Gasteiger partial charge on any atom is -0.269 e. The summed E-state index contributed by atoms with van der Waals surface area (Å²) in [5.74, 6) is -0.839. The van der Waals surface area contributed by atoms with Crippen LogP contribution in [-0.2, 0) is 16.1 Å². The van der Waals surface area contributed by atoms with Crippen LogP contribution in [-0.4, -0.2) is 21.6 Å². The molecule has 8 heteroatoms. The molecule has 4 rings (SSSR count). The molecule has 0 bridgehead atoms. The molecule has 0 saturated heterocycles. The van der Waals surface area contributed by atoms with Gasteiger partial charge in [0.05, 0.1) is 21.9 Å². The maximum Gasteiger partial charge on any atom is 0.269 e. The lowest BCUT2D eigenvalue weighted by Gasteiger charge is -2.15. The van der Waals surface area contributed by atoms with Crippen molar-refractivity contribution in [2.45, 2.75) is 11.4 Å². The third-order valence-electron chi connectivity index (χ3n) is 4.71. The first-order chi connectivity index (χ1) is 14.9. The van der Waals surface area contributed by atoms with Crippen LogP contribution >= 0.6 is 23.4 Å². The minimum atomic E-state index is -0.508. The maximum absolute atomic E-state index is 13.3. The summed E-state index contributed by atoms with van der Waals surface area (Å²) in [6, 6.07) is 21.8. The molecule has 1 aliphatic heterocycles. The van der Waals surface area contributed by atoms with E-state index in [1.807, 2.05) is 30.3 Å². The van der Waals surface area contributed by atoms with Crippen LogP contribution in [0.1, 0.15) is 11.1 Å². The largest absolute Gasteiger partial charge is 0.269 e. The predicted molar refractivity (Wildman–Crippen MR) is 119 cm³/mol. The van der Waals surface area contributed by atoms with E-state index in [0.717, 1.165) is 10.5 Å². The summed E-state index contributed by atoms with van der Waals surface area (Å²) in [5.41, 5.74) is 1.38. The first-order valence-electron chi connectivity index (χ1n) is 9.26. The molecule has 0 aliphatic carbocycles. The average Bonchev–Trinajstić information content (AvgIpc) is 3.00. The Bertz CT molecular complexity index is 1190. The van der Waals surface area contributed by atoms with Gasteiger partial charge >= 0.3 is 0 Å². The van der Waals surface area contributed by atoms with E-state index in [0.29, 0.717) is 15.5 Å². The van der Waals surface area contributed by atoms with E-state index in [4.69, 9.17) is 11.6 Å². The third kappa shape index (κ3) is 4.38. The van der Waals surface area contributed by atoms with Gasteiger partial charge in [0.15, 0.2) is 0 Å². The predicted octanol–water partition coefficient (Wildman–Crippen LogP) is 5.32. The fourth-order valence-corrected chi connectivity index (χ4v) is 4.33. The van der Waals surface area contributed by atoms with Crippen molar-refractivity contribution in [3.8, 4) is 0 Å². The fraction of sp³-hybridized carbons (Fsp3) is 0.0435. The number of non-ortho nitro benzene ring substituents is 1. The van der Waals surface area contributed by atoms with E-state index in [9.17, 15) is 19.7 Å². The van der Waals surface area contributed by atoms with Gasteiger partial charge in [-0.05, 0) is 47.5 Å². The zero-order valence-electron chi connectivity index (χ0n) is 16.0. The lowest BCUT2D eigenvalue weighted by Crippen LogP contribution is -2.30. The molecule has 0 saturated carbocycles. The Kier molecular flexibility index (Phi) is 5.88. The normalized spacial score (nSPS) is 13.8. The van der Waals surface area contributed by atoms with Crippen LogP contribution in [0.4, 0.5) is 5.69 Å². The highest BCUT2D eigenvalue weighted by atomic mass is 35.5. The molecule has 3 aromatic rings. The van der Waals surface area contributed by atoms with Crippen molar-refractivity contribution in [2.24, 2.45) is 0 Å². The highest BCUT2D eigenvalue weighted by Gasteiger charge is 2.39. The minimum absolute atomic E-state index is 0.0867. The number of amides is 2. The number of carbonyl (C=O) groups is 2. The van der Waals surface area contributed by atoms with Gasteiger partial charge in [-0.3, -0.25) is 24.6 Å². The first kappa shape index (κ1) is 20.8. The monoisotopic (exact) mass is 450 g/mol. The standard InChI is InChI=1S/C23H15ClN2O4S/c24-17-10-6-15(7-11-17)14-25-22(27)20(16-8-12-18(13-9-16)26(29)30)21(23(25)28)31-19-4-2-1-3-5-19/h1-13H,14H2. The smallest absolute Gasteiger partial charge is 0.269 e. The Morgan fingerprint density at radius 3 is 2.13 bits per heavy atom. The Labute approximate surface area is 187 Å². The molecule has 1 heterocycles. The quantitative estimate of drug-likeness (QED) is 0.288. The van der Waals surface area contributed by atoms with Gasteiger partial charge in [-0.15, -0.1) is 0 Å². The number of halogens is 1. The Balaban J connectivity index is 1.73. The van der Waals surface area contributed by atoms with Gasteiger partial charge in [0.1, 0.15) is 0 Å². The molecular weight excluding hydrogens is 436 g/mol. The number of benzene rings is 3. The molecular formula is C23H15ClN2O4S. The molecule has 0 fully saturated rings. The second kappa shape index (κ2) is 8.75. The number of nitro groups is 1. The summed E-state index contributed by atoms with van der Waals surface area (Å²) in [6.45, 7) is 0.101. The molecule has 0 atom stereocenters. The van der Waals surface area contributed by atoms with Crippen molar-refractivity contribution >= 4 is 46.4 Å². The summed E-state index contributed by atoms with van der Waals surface area (Å²) in [7, 11) is 0. The van der Waals surface area contributed by atoms with Gasteiger partial charge in [0.2, 0.25) is 0 Å². The van der Waals surface area contributed by atoms with Crippen LogP contribution in [0.2, 0.25) is 5.02 Å². The molecule has 6 nitrogen and oxygen atoms in total. The zero-order chi connectivity index (χ0) is 22.0. The summed E-state index contributed by atoms with van der Waals surface area (Å²) < 4.78 is 0. The van der Waals surface area contributed by atoms with E-state index in [1.54, 1.807) is 24.3 Å². The van der Waals surface area contributed by atoms with Crippen LogP contribution in [0.25, 0.3) is 5.57 Å². The maximum atomic E-state index is 13.3. The molecule has 0 N–H and O–H groups in total. The molecule has 0 unspecified atom stereocenters. The van der Waals surface area contributed by atoms with Gasteiger partial charge in [0, 0.05) is 22.1 Å². The number of carbonyl (C=O) groups excluding carboxylic acids is 2. The zero-order valence-corrected chi connectivity index (χ0v) is 17.6. The van der Waals surface area contributed by atoms with E-state index in [-0.39, 0.29) is 17.8 Å². The number of rotatable bonds is 6. The second-order valence-electron chi connectivity index (χ2n) is 6.75. The van der Waals surface area contributed by atoms with Crippen LogP contribution in [0, 0.1) is 10.1 Å². The lowest BCUT2D eigenvalue weighted by atomic mass is 10.1. The number of hydrogen-bond donors (Lipinski definition) is 0. The number of imide groups is 1. The average molecular weight is 451 g/mol. The topological polar surface area (TPSA) is 80.5 Å². The van der Waals surface area contributed by atoms with Crippen LogP contribution in [0.15, 0.2) is 88.7 Å². The van der Waals surface area contributed by atoms with Crippen LogP contribution in [0.3, 0.4) is 0 Å². The van der Waals surface area contributed by atoms with Gasteiger partial charge in [-0.1, -0.05) is 53.7 Å². The van der Waals surface area contributed by atoms with Gasteiger partial charge < -0.3 is 0 Å². The SMILES string of the molecule is O=C1C(Sc2ccccc2)=C(c2ccc([N+](=O)[O-])cc2)C(=O)N1Cc1ccc(Cl)cc1. The summed E-state index contributed by atoms with van der Waals surface area (Å²) in [6.07, 6.45) is 0. The molecule has 0 spiro atoms. The number of hydrogen-bond acceptors (Lipinski definition) is 5. The third-order valence-corrected chi connectivity index (χ3v) is 6.05. The summed E-state index contributed by atoms with van der Waals surface area (Å²) in [4.78, 5) is 39.3. The fourth-order valence-electron chi connectivity index (χ4n) is 3.18. The van der Waals surface area contributed by atoms with E-state index < -0.39 is 16.7 Å². The summed E-state index contributed by atoms with van der Waals surface area (Å²) in [5, 5.41) is 11.5. The Hall–Kier alpha value is -3.42. The number of thioether (sulfide) groups is 1. The van der Waals surface area contributed by atoms with E-state index >= 15 is 0 Å². The molecule has 0 radical (unpaired) electrons. The number of nitrogens with zero attached hydrogens (tertiary/aromatic N) is 2. The Morgan fingerprint density at radius 2 is 1.52 bits per heavy atom. The van der Waals surface area contributed by atoms with Crippen molar-refractivity contribution in [1.29, 1.82) is 0 Å². The number of nitro benzene ring substituents is 1. The highest BCUT2D eigenvalue weighted by molar-refractivity contribution is 8.04. The highest BCUT2D eigenvalue weighted by Crippen LogP contribution is 2.40. The first-order valence-corrected chi connectivity index (χ1v) is 10.5. The van der Waals surface area contributed by atoms with Crippen LogP contribution < -0.4 is 0 Å². The van der Waals surface area contributed by atoms with Crippen molar-refractivity contribution in [3.05, 3.63) is 110 Å². The van der Waals surface area contributed by atoms with Crippen molar-refractivity contribution in [2.75, 3.05) is 0 Å². The van der Waals surface area contributed by atoms with Gasteiger partial charge in [-0.2, -0.15) is 0 Å². The van der Waals surface area contributed by atoms with E-state index in [2.05, 4.69) is 0 Å². The summed E-state index contributed by atoms with van der Waals surface area (Å²) >= 11 is 7.14. The van der Waals surface area contributed by atoms with E-state index in [1.165, 1.54) is 40.9 Å². The van der Waals surface area contributed by atoms with Crippen LogP contribution in [0.5, 0.6) is 0 Å². The van der Waals surface area contributed by atoms with Crippen molar-refractivity contribution in [3.63, 3.8) is 0 Å². The second-order valence-corrected chi connectivity index (χ2v) is 8.27.